The van der Waals surface area contributed by atoms with Gasteiger partial charge in [-0.15, -0.1) is 0 Å². The maximum absolute atomic E-state index is 12.2. The van der Waals surface area contributed by atoms with Gasteiger partial charge in [0, 0.05) is 31.3 Å². The molecule has 2 aromatic rings. The fourth-order valence-corrected chi connectivity index (χ4v) is 2.02. The molecule has 2 rings (SSSR count). The van der Waals surface area contributed by atoms with Crippen molar-refractivity contribution >= 4 is 0 Å². The van der Waals surface area contributed by atoms with Crippen molar-refractivity contribution in [1.82, 2.24) is 9.36 Å². The van der Waals surface area contributed by atoms with E-state index >= 15 is 0 Å². The van der Waals surface area contributed by atoms with E-state index in [1.165, 1.54) is 0 Å². The normalized spacial score (nSPS) is 10.8. The van der Waals surface area contributed by atoms with Gasteiger partial charge >= 0.3 is 0 Å². The molecule has 4 nitrogen and oxygen atoms in total. The van der Waals surface area contributed by atoms with E-state index in [1.54, 1.807) is 4.68 Å². The molecule has 0 aliphatic rings. The highest BCUT2D eigenvalue weighted by Crippen LogP contribution is 2.10. The number of aromatic nitrogens is 2. The van der Waals surface area contributed by atoms with Crippen molar-refractivity contribution in [3.63, 3.8) is 0 Å². The second kappa shape index (κ2) is 4.59. The predicted molar refractivity (Wildman–Crippen MR) is 66.5 cm³/mol. The third-order valence-electron chi connectivity index (χ3n) is 3.04. The highest BCUT2D eigenvalue weighted by atomic mass is 16.3. The molecule has 17 heavy (non-hydrogen) atoms. The lowest BCUT2D eigenvalue weighted by molar-refractivity contribution is 0.299. The Morgan fingerprint density at radius 3 is 2.47 bits per heavy atom. The third-order valence-corrected chi connectivity index (χ3v) is 3.04. The number of aliphatic hydroxyl groups is 1. The number of aliphatic hydroxyl groups excluding tert-OH is 1. The molecule has 0 fully saturated rings. The average molecular weight is 232 g/mol. The van der Waals surface area contributed by atoms with Gasteiger partial charge in [0.05, 0.1) is 5.69 Å². The third kappa shape index (κ3) is 1.91. The summed E-state index contributed by atoms with van der Waals surface area (Å²) < 4.78 is 3.45. The van der Waals surface area contributed by atoms with Gasteiger partial charge in [0.1, 0.15) is 0 Å². The Morgan fingerprint density at radius 1 is 1.24 bits per heavy atom. The molecule has 1 heterocycles. The fraction of sp³-hybridized carbons (Fsp3) is 0.308. The van der Waals surface area contributed by atoms with E-state index in [4.69, 9.17) is 5.11 Å². The van der Waals surface area contributed by atoms with Crippen molar-refractivity contribution in [2.75, 3.05) is 6.61 Å². The molecule has 0 saturated carbocycles. The number of benzene rings is 1. The summed E-state index contributed by atoms with van der Waals surface area (Å²) in [6.45, 7) is 1.89. The molecule has 1 aromatic heterocycles. The average Bonchev–Trinajstić information content (AvgIpc) is 2.55. The maximum atomic E-state index is 12.2. The number of rotatable bonds is 3. The number of nitrogens with zero attached hydrogens (tertiary/aromatic N) is 2. The largest absolute Gasteiger partial charge is 0.396 e. The highest BCUT2D eigenvalue weighted by Gasteiger charge is 2.14. The molecule has 1 aromatic carbocycles. The van der Waals surface area contributed by atoms with Crippen LogP contribution >= 0.6 is 0 Å². The van der Waals surface area contributed by atoms with E-state index < -0.39 is 0 Å². The second-order valence-corrected chi connectivity index (χ2v) is 4.01. The van der Waals surface area contributed by atoms with Gasteiger partial charge in [0.15, 0.2) is 0 Å². The topological polar surface area (TPSA) is 47.2 Å². The van der Waals surface area contributed by atoms with E-state index in [0.29, 0.717) is 12.0 Å². The summed E-state index contributed by atoms with van der Waals surface area (Å²) in [5.74, 6) is 0. The second-order valence-electron chi connectivity index (χ2n) is 4.01. The summed E-state index contributed by atoms with van der Waals surface area (Å²) in [6, 6.07) is 9.50. The molecular weight excluding hydrogens is 216 g/mol. The molecule has 0 radical (unpaired) electrons. The van der Waals surface area contributed by atoms with Crippen LogP contribution in [0.15, 0.2) is 35.1 Å². The Balaban J connectivity index is 2.64. The van der Waals surface area contributed by atoms with Crippen molar-refractivity contribution in [2.45, 2.75) is 13.3 Å². The number of hydrogen-bond acceptors (Lipinski definition) is 2. The molecule has 0 bridgehead atoms. The van der Waals surface area contributed by atoms with Crippen LogP contribution in [-0.4, -0.2) is 21.1 Å². The first-order valence-corrected chi connectivity index (χ1v) is 5.60. The Kier molecular flexibility index (Phi) is 3.15. The zero-order valence-corrected chi connectivity index (χ0v) is 10.1. The quantitative estimate of drug-likeness (QED) is 0.858. The Hall–Kier alpha value is -1.81. The summed E-state index contributed by atoms with van der Waals surface area (Å²) in [5, 5.41) is 8.98. The SMILES string of the molecule is Cc1c(CCO)c(=O)n(-c2ccccc2)n1C. The first-order chi connectivity index (χ1) is 8.16. The van der Waals surface area contributed by atoms with Crippen molar-refractivity contribution in [3.8, 4) is 5.69 Å². The summed E-state index contributed by atoms with van der Waals surface area (Å²) in [4.78, 5) is 12.2. The van der Waals surface area contributed by atoms with Gasteiger partial charge in [-0.05, 0) is 19.1 Å². The van der Waals surface area contributed by atoms with Crippen LogP contribution in [0.3, 0.4) is 0 Å². The van der Waals surface area contributed by atoms with Gasteiger partial charge in [-0.25, -0.2) is 4.68 Å². The fourth-order valence-electron chi connectivity index (χ4n) is 2.02. The smallest absolute Gasteiger partial charge is 0.274 e. The summed E-state index contributed by atoms with van der Waals surface area (Å²) in [7, 11) is 1.85. The summed E-state index contributed by atoms with van der Waals surface area (Å²) >= 11 is 0. The molecular formula is C13H16N2O2. The van der Waals surface area contributed by atoms with Crippen molar-refractivity contribution in [3.05, 3.63) is 51.9 Å². The lowest BCUT2D eigenvalue weighted by Gasteiger charge is -2.07. The standard InChI is InChI=1S/C13H16N2O2/c1-10-12(8-9-16)13(17)15(14(10)2)11-6-4-3-5-7-11/h3-7,16H,8-9H2,1-2H3. The van der Waals surface area contributed by atoms with Crippen LogP contribution in [-0.2, 0) is 13.5 Å². The highest BCUT2D eigenvalue weighted by molar-refractivity contribution is 5.33. The minimum atomic E-state index is -0.0507. The maximum Gasteiger partial charge on any atom is 0.274 e. The van der Waals surface area contributed by atoms with Gasteiger partial charge in [-0.2, -0.15) is 0 Å². The predicted octanol–water partition coefficient (Wildman–Crippen LogP) is 1.02. The van der Waals surface area contributed by atoms with E-state index in [9.17, 15) is 4.79 Å². The van der Waals surface area contributed by atoms with Crippen LogP contribution in [0.4, 0.5) is 0 Å². The van der Waals surface area contributed by atoms with Gasteiger partial charge in [-0.1, -0.05) is 18.2 Å². The molecule has 4 heteroatoms. The molecule has 0 aliphatic heterocycles. The zero-order valence-electron chi connectivity index (χ0n) is 10.1. The van der Waals surface area contributed by atoms with Gasteiger partial charge in [0.25, 0.3) is 5.56 Å². The zero-order chi connectivity index (χ0) is 12.4. The van der Waals surface area contributed by atoms with Crippen molar-refractivity contribution in [2.24, 2.45) is 7.05 Å². The van der Waals surface area contributed by atoms with Gasteiger partial charge < -0.3 is 5.11 Å². The van der Waals surface area contributed by atoms with Crippen LogP contribution < -0.4 is 5.56 Å². The molecule has 90 valence electrons. The lowest BCUT2D eigenvalue weighted by Crippen LogP contribution is -2.21. The van der Waals surface area contributed by atoms with Crippen LogP contribution in [0.5, 0.6) is 0 Å². The summed E-state index contributed by atoms with van der Waals surface area (Å²) in [6.07, 6.45) is 0.401. The number of hydrogen-bond donors (Lipinski definition) is 1. The van der Waals surface area contributed by atoms with Crippen LogP contribution in [0.25, 0.3) is 5.69 Å². The minimum Gasteiger partial charge on any atom is -0.396 e. The van der Waals surface area contributed by atoms with Crippen LogP contribution in [0.1, 0.15) is 11.3 Å². The number of para-hydroxylation sites is 1. The molecule has 0 amide bonds. The Bertz CT molecular complexity index is 567. The first-order valence-electron chi connectivity index (χ1n) is 5.60. The van der Waals surface area contributed by atoms with Gasteiger partial charge in [0.2, 0.25) is 0 Å². The van der Waals surface area contributed by atoms with E-state index in [2.05, 4.69) is 0 Å². The van der Waals surface area contributed by atoms with Crippen LogP contribution in [0.2, 0.25) is 0 Å². The molecule has 0 atom stereocenters. The van der Waals surface area contributed by atoms with Crippen molar-refractivity contribution < 1.29 is 5.11 Å². The van der Waals surface area contributed by atoms with Crippen LogP contribution in [0, 0.1) is 6.92 Å². The van der Waals surface area contributed by atoms with Crippen molar-refractivity contribution in [1.29, 1.82) is 0 Å². The Labute approximate surface area is 99.7 Å². The molecule has 0 spiro atoms. The summed E-state index contributed by atoms with van der Waals surface area (Å²) in [5.41, 5.74) is 2.37. The van der Waals surface area contributed by atoms with E-state index in [0.717, 1.165) is 11.4 Å². The lowest BCUT2D eigenvalue weighted by atomic mass is 10.2. The minimum absolute atomic E-state index is 0.00508. The first kappa shape index (κ1) is 11.7. The molecule has 0 unspecified atom stereocenters. The molecule has 0 aliphatic carbocycles. The van der Waals surface area contributed by atoms with E-state index in [-0.39, 0.29) is 12.2 Å². The molecule has 0 saturated heterocycles. The molecule has 1 N–H and O–H groups in total. The van der Waals surface area contributed by atoms with E-state index in [1.807, 2.05) is 49.0 Å². The van der Waals surface area contributed by atoms with Gasteiger partial charge in [-0.3, -0.25) is 9.48 Å². The monoisotopic (exact) mass is 232 g/mol. The Morgan fingerprint density at radius 2 is 1.88 bits per heavy atom.